The molecule has 0 unspecified atom stereocenters. The van der Waals surface area contributed by atoms with Gasteiger partial charge in [-0.1, -0.05) is 18.2 Å². The Kier molecular flexibility index (Phi) is 6.12. The summed E-state index contributed by atoms with van der Waals surface area (Å²) in [5, 5.41) is 6.01. The van der Waals surface area contributed by atoms with Crippen LogP contribution in [0.1, 0.15) is 35.6 Å². The number of benzene rings is 1. The molecule has 128 valence electrons. The number of anilines is 1. The van der Waals surface area contributed by atoms with E-state index in [-0.39, 0.29) is 11.9 Å². The second-order valence-electron chi connectivity index (χ2n) is 5.83. The molecule has 6 heteroatoms. The zero-order valence-electron chi connectivity index (χ0n) is 14.6. The Morgan fingerprint density at radius 1 is 1.25 bits per heavy atom. The molecule has 0 saturated carbocycles. The Morgan fingerprint density at radius 2 is 2.00 bits per heavy atom. The Morgan fingerprint density at radius 3 is 2.71 bits per heavy atom. The number of methoxy groups -OCH3 is 1. The van der Waals surface area contributed by atoms with Crippen molar-refractivity contribution in [3.8, 4) is 5.75 Å². The zero-order chi connectivity index (χ0) is 17.5. The minimum absolute atomic E-state index is 0.202. The SMILES string of the molecule is COc1ccccc1CCNC(=O)c1cc(C)nc(NC(C)C)n1. The summed E-state index contributed by atoms with van der Waals surface area (Å²) in [6.45, 7) is 6.35. The van der Waals surface area contributed by atoms with Crippen LogP contribution in [0.4, 0.5) is 5.95 Å². The molecule has 0 atom stereocenters. The van der Waals surface area contributed by atoms with E-state index >= 15 is 0 Å². The van der Waals surface area contributed by atoms with Crippen molar-refractivity contribution in [2.75, 3.05) is 19.0 Å². The highest BCUT2D eigenvalue weighted by Crippen LogP contribution is 2.17. The van der Waals surface area contributed by atoms with Gasteiger partial charge in [-0.3, -0.25) is 4.79 Å². The number of nitrogens with zero attached hydrogens (tertiary/aromatic N) is 2. The molecule has 0 radical (unpaired) electrons. The largest absolute Gasteiger partial charge is 0.496 e. The molecule has 2 rings (SSSR count). The fourth-order valence-electron chi connectivity index (χ4n) is 2.32. The first-order valence-electron chi connectivity index (χ1n) is 8.02. The van der Waals surface area contributed by atoms with Gasteiger partial charge < -0.3 is 15.4 Å². The third-order valence-electron chi connectivity index (χ3n) is 3.38. The van der Waals surface area contributed by atoms with Crippen molar-refractivity contribution in [1.82, 2.24) is 15.3 Å². The molecule has 6 nitrogen and oxygen atoms in total. The fraction of sp³-hybridized carbons (Fsp3) is 0.389. The second kappa shape index (κ2) is 8.29. The highest BCUT2D eigenvalue weighted by Gasteiger charge is 2.11. The Labute approximate surface area is 142 Å². The van der Waals surface area contributed by atoms with Crippen LogP contribution in [0.25, 0.3) is 0 Å². The van der Waals surface area contributed by atoms with Gasteiger partial charge in [0, 0.05) is 18.3 Å². The lowest BCUT2D eigenvalue weighted by Crippen LogP contribution is -2.27. The Hall–Kier alpha value is -2.63. The van der Waals surface area contributed by atoms with Crippen molar-refractivity contribution in [2.24, 2.45) is 0 Å². The van der Waals surface area contributed by atoms with Gasteiger partial charge in [-0.15, -0.1) is 0 Å². The summed E-state index contributed by atoms with van der Waals surface area (Å²) < 4.78 is 5.31. The summed E-state index contributed by atoms with van der Waals surface area (Å²) in [6, 6.07) is 9.67. The summed E-state index contributed by atoms with van der Waals surface area (Å²) in [5.74, 6) is 1.09. The molecular formula is C18H24N4O2. The number of amides is 1. The summed E-state index contributed by atoms with van der Waals surface area (Å²) >= 11 is 0. The number of hydrogen-bond donors (Lipinski definition) is 2. The standard InChI is InChI=1S/C18H24N4O2/c1-12(2)20-18-21-13(3)11-15(22-18)17(23)19-10-9-14-7-5-6-8-16(14)24-4/h5-8,11-12H,9-10H2,1-4H3,(H,19,23)(H,20,21,22). The topological polar surface area (TPSA) is 76.1 Å². The highest BCUT2D eigenvalue weighted by atomic mass is 16.5. The normalized spacial score (nSPS) is 10.5. The number of para-hydroxylation sites is 1. The van der Waals surface area contributed by atoms with E-state index in [9.17, 15) is 4.79 Å². The molecule has 0 fully saturated rings. The first-order valence-corrected chi connectivity index (χ1v) is 8.02. The summed E-state index contributed by atoms with van der Waals surface area (Å²) in [4.78, 5) is 20.9. The maximum atomic E-state index is 12.3. The van der Waals surface area contributed by atoms with Crippen LogP contribution in [0, 0.1) is 6.92 Å². The summed E-state index contributed by atoms with van der Waals surface area (Å²) in [7, 11) is 1.64. The van der Waals surface area contributed by atoms with Crippen LogP contribution in [-0.4, -0.2) is 35.6 Å². The number of carbonyl (C=O) groups excluding carboxylic acids is 1. The maximum Gasteiger partial charge on any atom is 0.270 e. The van der Waals surface area contributed by atoms with Gasteiger partial charge in [0.05, 0.1) is 7.11 Å². The third kappa shape index (κ3) is 4.94. The molecule has 24 heavy (non-hydrogen) atoms. The van der Waals surface area contributed by atoms with E-state index in [0.717, 1.165) is 17.0 Å². The molecule has 1 aromatic heterocycles. The van der Waals surface area contributed by atoms with Crippen LogP contribution in [0.5, 0.6) is 5.75 Å². The number of aryl methyl sites for hydroxylation is 1. The number of carbonyl (C=O) groups is 1. The summed E-state index contributed by atoms with van der Waals surface area (Å²) in [5.41, 5.74) is 2.18. The number of rotatable bonds is 7. The van der Waals surface area contributed by atoms with Crippen LogP contribution in [0.2, 0.25) is 0 Å². The predicted octanol–water partition coefficient (Wildman–Crippen LogP) is 2.59. The number of ether oxygens (including phenoxy) is 1. The van der Waals surface area contributed by atoms with Crippen molar-refractivity contribution in [3.05, 3.63) is 47.3 Å². The van der Waals surface area contributed by atoms with E-state index in [4.69, 9.17) is 4.74 Å². The molecule has 2 aromatic rings. The van der Waals surface area contributed by atoms with Crippen molar-refractivity contribution in [1.29, 1.82) is 0 Å². The first-order chi connectivity index (χ1) is 11.5. The predicted molar refractivity (Wildman–Crippen MR) is 94.6 cm³/mol. The first kappa shape index (κ1) is 17.7. The monoisotopic (exact) mass is 328 g/mol. The number of nitrogens with one attached hydrogen (secondary N) is 2. The molecular weight excluding hydrogens is 304 g/mol. The van der Waals surface area contributed by atoms with E-state index in [1.807, 2.05) is 45.0 Å². The van der Waals surface area contributed by atoms with Crippen molar-refractivity contribution < 1.29 is 9.53 Å². The van der Waals surface area contributed by atoms with Gasteiger partial charge in [-0.25, -0.2) is 9.97 Å². The minimum atomic E-state index is -0.206. The lowest BCUT2D eigenvalue weighted by molar-refractivity contribution is 0.0949. The average molecular weight is 328 g/mol. The van der Waals surface area contributed by atoms with Gasteiger partial charge in [-0.2, -0.15) is 0 Å². The molecule has 2 N–H and O–H groups in total. The van der Waals surface area contributed by atoms with Gasteiger partial charge in [-0.05, 0) is 44.9 Å². The fourth-order valence-corrected chi connectivity index (χ4v) is 2.32. The Bertz CT molecular complexity index is 701. The van der Waals surface area contributed by atoms with Crippen LogP contribution in [0.15, 0.2) is 30.3 Å². The van der Waals surface area contributed by atoms with Gasteiger partial charge >= 0.3 is 0 Å². The molecule has 0 aliphatic heterocycles. The molecule has 1 amide bonds. The van der Waals surface area contributed by atoms with Gasteiger partial charge in [0.25, 0.3) is 5.91 Å². The van der Waals surface area contributed by atoms with E-state index in [2.05, 4.69) is 20.6 Å². The molecule has 1 aromatic carbocycles. The van der Waals surface area contributed by atoms with E-state index < -0.39 is 0 Å². The third-order valence-corrected chi connectivity index (χ3v) is 3.38. The van der Waals surface area contributed by atoms with E-state index in [0.29, 0.717) is 24.6 Å². The number of hydrogen-bond acceptors (Lipinski definition) is 5. The molecule has 1 heterocycles. The van der Waals surface area contributed by atoms with Crippen LogP contribution < -0.4 is 15.4 Å². The molecule has 0 aliphatic carbocycles. The quantitative estimate of drug-likeness (QED) is 0.817. The van der Waals surface area contributed by atoms with Crippen LogP contribution in [0.3, 0.4) is 0 Å². The smallest absolute Gasteiger partial charge is 0.270 e. The van der Waals surface area contributed by atoms with Crippen molar-refractivity contribution >= 4 is 11.9 Å². The zero-order valence-corrected chi connectivity index (χ0v) is 14.6. The summed E-state index contributed by atoms with van der Waals surface area (Å²) in [6.07, 6.45) is 0.691. The van der Waals surface area contributed by atoms with Crippen molar-refractivity contribution in [2.45, 2.75) is 33.2 Å². The molecule has 0 aliphatic rings. The highest BCUT2D eigenvalue weighted by molar-refractivity contribution is 5.92. The van der Waals surface area contributed by atoms with Crippen LogP contribution in [-0.2, 0) is 6.42 Å². The van der Waals surface area contributed by atoms with Crippen molar-refractivity contribution in [3.63, 3.8) is 0 Å². The lowest BCUT2D eigenvalue weighted by atomic mass is 10.1. The average Bonchev–Trinajstić information content (AvgIpc) is 2.54. The van der Waals surface area contributed by atoms with Gasteiger partial charge in [0.2, 0.25) is 5.95 Å². The molecule has 0 spiro atoms. The lowest BCUT2D eigenvalue weighted by Gasteiger charge is -2.11. The van der Waals surface area contributed by atoms with E-state index in [1.165, 1.54) is 0 Å². The number of aromatic nitrogens is 2. The molecule has 0 saturated heterocycles. The van der Waals surface area contributed by atoms with Crippen LogP contribution >= 0.6 is 0 Å². The van der Waals surface area contributed by atoms with Gasteiger partial charge in [0.15, 0.2) is 0 Å². The Balaban J connectivity index is 1.98. The minimum Gasteiger partial charge on any atom is -0.496 e. The van der Waals surface area contributed by atoms with Gasteiger partial charge in [0.1, 0.15) is 11.4 Å². The molecule has 0 bridgehead atoms. The maximum absolute atomic E-state index is 12.3. The second-order valence-corrected chi connectivity index (χ2v) is 5.83. The van der Waals surface area contributed by atoms with E-state index in [1.54, 1.807) is 13.2 Å².